The van der Waals surface area contributed by atoms with Gasteiger partial charge in [0.1, 0.15) is 5.41 Å². The predicted octanol–water partition coefficient (Wildman–Crippen LogP) is 1.57. The Labute approximate surface area is 120 Å². The molecule has 116 valence electrons. The van der Waals surface area contributed by atoms with Crippen LogP contribution in [0.1, 0.15) is 45.4 Å². The van der Waals surface area contributed by atoms with E-state index in [0.29, 0.717) is 32.5 Å². The van der Waals surface area contributed by atoms with E-state index in [9.17, 15) is 4.79 Å². The zero-order valence-corrected chi connectivity index (χ0v) is 12.6. The molecule has 1 rings (SSSR count). The molecule has 0 spiro atoms. The van der Waals surface area contributed by atoms with Gasteiger partial charge in [0.25, 0.3) is 0 Å². The number of carbonyl (C=O) groups is 1. The number of hydrogen-bond donors (Lipinski definition) is 2. The average Bonchev–Trinajstić information content (AvgIpc) is 2.73. The highest BCUT2D eigenvalue weighted by molar-refractivity contribution is 6.06. The van der Waals surface area contributed by atoms with Crippen LogP contribution in [0.3, 0.4) is 0 Å². The molecule has 0 saturated heterocycles. The molecule has 0 atom stereocenters. The summed E-state index contributed by atoms with van der Waals surface area (Å²) in [6, 6.07) is 0. The first-order chi connectivity index (χ1) is 9.62. The highest BCUT2D eigenvalue weighted by Gasteiger charge is 2.44. The van der Waals surface area contributed by atoms with Crippen LogP contribution < -0.4 is 5.73 Å². The Hall–Kier alpha value is -1.30. The van der Waals surface area contributed by atoms with Crippen molar-refractivity contribution in [3.63, 3.8) is 0 Å². The van der Waals surface area contributed by atoms with E-state index in [-0.39, 0.29) is 11.7 Å². The van der Waals surface area contributed by atoms with Crippen molar-refractivity contribution < 1.29 is 14.7 Å². The van der Waals surface area contributed by atoms with Crippen LogP contribution in [-0.4, -0.2) is 48.7 Å². The summed E-state index contributed by atoms with van der Waals surface area (Å²) in [6.45, 7) is 3.56. The summed E-state index contributed by atoms with van der Waals surface area (Å²) in [6.07, 6.45) is 5.37. The van der Waals surface area contributed by atoms with Crippen LogP contribution in [0, 0.1) is 5.41 Å². The molecule has 0 bridgehead atoms. The van der Waals surface area contributed by atoms with Gasteiger partial charge in [0.2, 0.25) is 5.91 Å². The molecule has 6 heteroatoms. The Kier molecular flexibility index (Phi) is 6.78. The normalized spacial score (nSPS) is 19.4. The van der Waals surface area contributed by atoms with E-state index in [1.807, 2.05) is 6.92 Å². The standard InChI is InChI=1S/C14H27N3O3/c1-3-17(10-11-20-2)13(18)14(12(15)16-19)8-6-4-5-7-9-14/h19H,3-11H2,1-2H3,(H2,15,16). The van der Waals surface area contributed by atoms with Gasteiger partial charge in [-0.05, 0) is 19.8 Å². The van der Waals surface area contributed by atoms with E-state index in [1.165, 1.54) is 0 Å². The number of nitrogens with zero attached hydrogens (tertiary/aromatic N) is 2. The van der Waals surface area contributed by atoms with Crippen molar-refractivity contribution in [3.05, 3.63) is 0 Å². The van der Waals surface area contributed by atoms with E-state index in [0.717, 1.165) is 25.7 Å². The van der Waals surface area contributed by atoms with Crippen molar-refractivity contribution in [2.75, 3.05) is 26.8 Å². The molecule has 20 heavy (non-hydrogen) atoms. The van der Waals surface area contributed by atoms with Gasteiger partial charge in [-0.1, -0.05) is 30.8 Å². The molecule has 0 radical (unpaired) electrons. The molecule has 0 aromatic rings. The number of amides is 1. The van der Waals surface area contributed by atoms with Crippen LogP contribution >= 0.6 is 0 Å². The summed E-state index contributed by atoms with van der Waals surface area (Å²) in [5, 5.41) is 12.3. The first kappa shape index (κ1) is 16.8. The summed E-state index contributed by atoms with van der Waals surface area (Å²) in [5.41, 5.74) is 5.06. The van der Waals surface area contributed by atoms with Crippen LogP contribution in [0.25, 0.3) is 0 Å². The molecule has 1 saturated carbocycles. The lowest BCUT2D eigenvalue weighted by atomic mass is 9.77. The van der Waals surface area contributed by atoms with Crippen molar-refractivity contribution in [3.8, 4) is 0 Å². The number of likely N-dealkylation sites (N-methyl/N-ethyl adjacent to an activating group) is 1. The Balaban J connectivity index is 2.99. The zero-order valence-electron chi connectivity index (χ0n) is 12.6. The predicted molar refractivity (Wildman–Crippen MR) is 77.7 cm³/mol. The van der Waals surface area contributed by atoms with E-state index in [1.54, 1.807) is 12.0 Å². The van der Waals surface area contributed by atoms with Crippen molar-refractivity contribution >= 4 is 11.7 Å². The van der Waals surface area contributed by atoms with Gasteiger partial charge < -0.3 is 20.6 Å². The molecule has 0 unspecified atom stereocenters. The van der Waals surface area contributed by atoms with Crippen LogP contribution in [0.4, 0.5) is 0 Å². The molecule has 6 nitrogen and oxygen atoms in total. The Bertz CT molecular complexity index is 337. The zero-order chi connectivity index (χ0) is 15.0. The second-order valence-corrected chi connectivity index (χ2v) is 5.36. The van der Waals surface area contributed by atoms with Crippen molar-refractivity contribution in [2.24, 2.45) is 16.3 Å². The lowest BCUT2D eigenvalue weighted by Crippen LogP contribution is -2.52. The fourth-order valence-electron chi connectivity index (χ4n) is 2.91. The number of carbonyl (C=O) groups excluding carboxylic acids is 1. The van der Waals surface area contributed by atoms with Crippen LogP contribution in [0.15, 0.2) is 5.16 Å². The monoisotopic (exact) mass is 285 g/mol. The summed E-state index contributed by atoms with van der Waals surface area (Å²) in [7, 11) is 1.61. The molecule has 0 aromatic heterocycles. The second kappa shape index (κ2) is 8.09. The Morgan fingerprint density at radius 1 is 1.35 bits per heavy atom. The van der Waals surface area contributed by atoms with Gasteiger partial charge >= 0.3 is 0 Å². The molecule has 1 aliphatic carbocycles. The third-order valence-corrected chi connectivity index (χ3v) is 4.20. The maximum Gasteiger partial charge on any atom is 0.236 e. The Morgan fingerprint density at radius 3 is 2.40 bits per heavy atom. The minimum absolute atomic E-state index is 0.0331. The van der Waals surface area contributed by atoms with Gasteiger partial charge in [-0.3, -0.25) is 4.79 Å². The van der Waals surface area contributed by atoms with Gasteiger partial charge in [0.05, 0.1) is 6.61 Å². The van der Waals surface area contributed by atoms with Crippen molar-refractivity contribution in [1.29, 1.82) is 0 Å². The third-order valence-electron chi connectivity index (χ3n) is 4.20. The first-order valence-corrected chi connectivity index (χ1v) is 7.38. The lowest BCUT2D eigenvalue weighted by molar-refractivity contribution is -0.139. The fraction of sp³-hybridized carbons (Fsp3) is 0.857. The maximum absolute atomic E-state index is 12.9. The summed E-state index contributed by atoms with van der Waals surface area (Å²) in [5.74, 6) is 0.0227. The van der Waals surface area contributed by atoms with Crippen LogP contribution in [-0.2, 0) is 9.53 Å². The number of rotatable bonds is 6. The number of hydrogen-bond acceptors (Lipinski definition) is 4. The van der Waals surface area contributed by atoms with Gasteiger partial charge in [-0.15, -0.1) is 0 Å². The van der Waals surface area contributed by atoms with Gasteiger partial charge in [-0.25, -0.2) is 0 Å². The first-order valence-electron chi connectivity index (χ1n) is 7.38. The summed E-state index contributed by atoms with van der Waals surface area (Å²) >= 11 is 0. The minimum Gasteiger partial charge on any atom is -0.409 e. The lowest BCUT2D eigenvalue weighted by Gasteiger charge is -2.35. The molecule has 0 heterocycles. The van der Waals surface area contributed by atoms with Crippen LogP contribution in [0.5, 0.6) is 0 Å². The summed E-state index contributed by atoms with van der Waals surface area (Å²) in [4.78, 5) is 14.7. The third kappa shape index (κ3) is 3.62. The Morgan fingerprint density at radius 2 is 1.95 bits per heavy atom. The minimum atomic E-state index is -0.838. The largest absolute Gasteiger partial charge is 0.409 e. The molecule has 3 N–H and O–H groups in total. The van der Waals surface area contributed by atoms with Gasteiger partial charge in [0.15, 0.2) is 5.84 Å². The van der Waals surface area contributed by atoms with Crippen LogP contribution in [0.2, 0.25) is 0 Å². The van der Waals surface area contributed by atoms with Crippen molar-refractivity contribution in [1.82, 2.24) is 4.90 Å². The number of oxime groups is 1. The number of methoxy groups -OCH3 is 1. The highest BCUT2D eigenvalue weighted by Crippen LogP contribution is 2.37. The molecule has 1 amide bonds. The van der Waals surface area contributed by atoms with Gasteiger partial charge in [-0.2, -0.15) is 0 Å². The maximum atomic E-state index is 12.9. The van der Waals surface area contributed by atoms with E-state index < -0.39 is 5.41 Å². The SMILES string of the molecule is CCN(CCOC)C(=O)C1(C(N)=NO)CCCCCC1. The average molecular weight is 285 g/mol. The van der Waals surface area contributed by atoms with E-state index >= 15 is 0 Å². The van der Waals surface area contributed by atoms with E-state index in [2.05, 4.69) is 5.16 Å². The van der Waals surface area contributed by atoms with Gasteiger partial charge in [0, 0.05) is 20.2 Å². The van der Waals surface area contributed by atoms with E-state index in [4.69, 9.17) is 15.7 Å². The smallest absolute Gasteiger partial charge is 0.236 e. The summed E-state index contributed by atoms with van der Waals surface area (Å²) < 4.78 is 5.05. The quantitative estimate of drug-likeness (QED) is 0.255. The fourth-order valence-corrected chi connectivity index (χ4v) is 2.91. The number of ether oxygens (including phenoxy) is 1. The molecule has 1 fully saturated rings. The topological polar surface area (TPSA) is 88.2 Å². The molecule has 1 aliphatic rings. The molecular weight excluding hydrogens is 258 g/mol. The number of amidine groups is 1. The number of nitrogens with two attached hydrogens (primary N) is 1. The second-order valence-electron chi connectivity index (χ2n) is 5.36. The molecule has 0 aromatic carbocycles. The highest BCUT2D eigenvalue weighted by atomic mass is 16.5. The molecular formula is C14H27N3O3. The molecule has 0 aliphatic heterocycles. The van der Waals surface area contributed by atoms with Crippen molar-refractivity contribution in [2.45, 2.75) is 45.4 Å².